The monoisotopic (exact) mass is 381 g/mol. The molecular weight excluding hydrogens is 362 g/mol. The molecule has 144 valence electrons. The Kier molecular flexibility index (Phi) is 5.12. The second kappa shape index (κ2) is 7.51. The van der Waals surface area contributed by atoms with Gasteiger partial charge in [-0.05, 0) is 55.8 Å². The van der Waals surface area contributed by atoms with Gasteiger partial charge in [0.2, 0.25) is 0 Å². The topological polar surface area (TPSA) is 102 Å². The summed E-state index contributed by atoms with van der Waals surface area (Å²) in [7, 11) is 1.55. The summed E-state index contributed by atoms with van der Waals surface area (Å²) in [4.78, 5) is 37.4. The minimum Gasteiger partial charge on any atom is -0.497 e. The number of non-ortho nitro benzene ring substituents is 1. The van der Waals surface area contributed by atoms with Gasteiger partial charge in [0.05, 0.1) is 17.6 Å². The van der Waals surface area contributed by atoms with Crippen LogP contribution in [0.4, 0.5) is 11.4 Å². The number of hydrogen-bond donors (Lipinski definition) is 1. The molecule has 0 saturated carbocycles. The van der Waals surface area contributed by atoms with Gasteiger partial charge >= 0.3 is 0 Å². The molecule has 0 saturated heterocycles. The molecule has 28 heavy (non-hydrogen) atoms. The number of ether oxygens (including phenoxy) is 1. The van der Waals surface area contributed by atoms with Gasteiger partial charge in [-0.2, -0.15) is 0 Å². The molecule has 0 aromatic heterocycles. The van der Waals surface area contributed by atoms with Gasteiger partial charge in [-0.25, -0.2) is 0 Å². The molecule has 0 aliphatic carbocycles. The summed E-state index contributed by atoms with van der Waals surface area (Å²) in [5.41, 5.74) is 1.28. The predicted molar refractivity (Wildman–Crippen MR) is 104 cm³/mol. The van der Waals surface area contributed by atoms with Crippen LogP contribution in [-0.4, -0.2) is 34.8 Å². The number of rotatable bonds is 6. The van der Waals surface area contributed by atoms with Crippen LogP contribution >= 0.6 is 0 Å². The van der Waals surface area contributed by atoms with Crippen molar-refractivity contribution in [3.63, 3.8) is 0 Å². The lowest BCUT2D eigenvalue weighted by atomic mass is 10.0. The zero-order valence-electron chi connectivity index (χ0n) is 15.6. The maximum Gasteiger partial charge on any atom is 0.278 e. The maximum absolute atomic E-state index is 12.9. The van der Waals surface area contributed by atoms with Crippen LogP contribution in [0.1, 0.15) is 19.4 Å². The van der Waals surface area contributed by atoms with Crippen molar-refractivity contribution >= 4 is 28.8 Å². The average molecular weight is 381 g/mol. The molecule has 8 nitrogen and oxygen atoms in total. The first-order valence-corrected chi connectivity index (χ1v) is 8.61. The second-order valence-electron chi connectivity index (χ2n) is 6.48. The number of hydrogen-bond acceptors (Lipinski definition) is 6. The molecule has 0 spiro atoms. The van der Waals surface area contributed by atoms with Gasteiger partial charge in [0, 0.05) is 23.9 Å². The summed E-state index contributed by atoms with van der Waals surface area (Å²) in [6, 6.07) is 12.2. The number of nitrogens with zero attached hydrogens (tertiary/aromatic N) is 2. The van der Waals surface area contributed by atoms with Gasteiger partial charge in [0.1, 0.15) is 11.4 Å². The Morgan fingerprint density at radius 1 is 1.00 bits per heavy atom. The number of imide groups is 1. The third-order valence-corrected chi connectivity index (χ3v) is 4.36. The number of nitro groups is 1. The normalized spacial score (nSPS) is 14.1. The van der Waals surface area contributed by atoms with Crippen molar-refractivity contribution in [2.45, 2.75) is 19.9 Å². The third kappa shape index (κ3) is 3.44. The quantitative estimate of drug-likeness (QED) is 0.468. The third-order valence-electron chi connectivity index (χ3n) is 4.36. The molecule has 3 rings (SSSR count). The van der Waals surface area contributed by atoms with Crippen LogP contribution in [-0.2, 0) is 9.59 Å². The van der Waals surface area contributed by atoms with Crippen molar-refractivity contribution in [2.24, 2.45) is 0 Å². The Morgan fingerprint density at radius 2 is 1.61 bits per heavy atom. The Balaban J connectivity index is 2.05. The van der Waals surface area contributed by atoms with E-state index in [1.54, 1.807) is 45.2 Å². The number of methoxy groups -OCH3 is 1. The fourth-order valence-corrected chi connectivity index (χ4v) is 2.97. The van der Waals surface area contributed by atoms with E-state index in [2.05, 4.69) is 5.32 Å². The van der Waals surface area contributed by atoms with E-state index in [-0.39, 0.29) is 23.0 Å². The van der Waals surface area contributed by atoms with E-state index < -0.39 is 16.7 Å². The Labute approximate surface area is 161 Å². The van der Waals surface area contributed by atoms with Crippen LogP contribution < -0.4 is 10.1 Å². The van der Waals surface area contributed by atoms with Crippen molar-refractivity contribution < 1.29 is 19.2 Å². The van der Waals surface area contributed by atoms with Crippen molar-refractivity contribution in [1.82, 2.24) is 4.90 Å². The molecule has 2 aromatic carbocycles. The van der Waals surface area contributed by atoms with Crippen molar-refractivity contribution in [1.29, 1.82) is 0 Å². The second-order valence-corrected chi connectivity index (χ2v) is 6.48. The lowest BCUT2D eigenvalue weighted by Gasteiger charge is -2.19. The van der Waals surface area contributed by atoms with Crippen LogP contribution in [0, 0.1) is 10.1 Å². The van der Waals surface area contributed by atoms with E-state index in [1.165, 1.54) is 29.2 Å². The molecule has 0 fully saturated rings. The van der Waals surface area contributed by atoms with Crippen LogP contribution in [0.3, 0.4) is 0 Å². The Hall–Kier alpha value is -3.68. The molecule has 0 bridgehead atoms. The van der Waals surface area contributed by atoms with Gasteiger partial charge in [-0.1, -0.05) is 0 Å². The van der Waals surface area contributed by atoms with E-state index in [4.69, 9.17) is 4.74 Å². The molecule has 1 aliphatic heterocycles. The zero-order valence-corrected chi connectivity index (χ0v) is 15.6. The van der Waals surface area contributed by atoms with Gasteiger partial charge in [-0.15, -0.1) is 0 Å². The van der Waals surface area contributed by atoms with Crippen LogP contribution in [0.15, 0.2) is 54.2 Å². The van der Waals surface area contributed by atoms with E-state index in [0.29, 0.717) is 17.0 Å². The molecular formula is C20H19N3O5. The summed E-state index contributed by atoms with van der Waals surface area (Å²) in [5.74, 6) is -0.221. The van der Waals surface area contributed by atoms with Crippen LogP contribution in [0.2, 0.25) is 0 Å². The van der Waals surface area contributed by atoms with E-state index >= 15 is 0 Å². The lowest BCUT2D eigenvalue weighted by Crippen LogP contribution is -2.38. The molecule has 0 atom stereocenters. The number of anilines is 1. The highest BCUT2D eigenvalue weighted by atomic mass is 16.6. The highest BCUT2D eigenvalue weighted by molar-refractivity contribution is 6.36. The fourth-order valence-electron chi connectivity index (χ4n) is 2.97. The zero-order chi connectivity index (χ0) is 20.4. The average Bonchev–Trinajstić information content (AvgIpc) is 2.92. The molecule has 1 heterocycles. The van der Waals surface area contributed by atoms with Gasteiger partial charge in [0.15, 0.2) is 0 Å². The first-order chi connectivity index (χ1) is 13.3. The smallest absolute Gasteiger partial charge is 0.278 e. The number of amides is 2. The highest BCUT2D eigenvalue weighted by Crippen LogP contribution is 2.32. The molecule has 1 aliphatic rings. The van der Waals surface area contributed by atoms with Crippen LogP contribution in [0.5, 0.6) is 5.75 Å². The lowest BCUT2D eigenvalue weighted by molar-refractivity contribution is -0.384. The maximum atomic E-state index is 12.9. The van der Waals surface area contributed by atoms with Crippen molar-refractivity contribution in [3.8, 4) is 5.75 Å². The van der Waals surface area contributed by atoms with Crippen molar-refractivity contribution in [2.75, 3.05) is 12.4 Å². The minimum absolute atomic E-state index is 0.0912. The first kappa shape index (κ1) is 19.1. The van der Waals surface area contributed by atoms with Crippen molar-refractivity contribution in [3.05, 3.63) is 69.9 Å². The van der Waals surface area contributed by atoms with Crippen LogP contribution in [0.25, 0.3) is 5.57 Å². The minimum atomic E-state index is -0.517. The fraction of sp³-hybridized carbons (Fsp3) is 0.200. The molecule has 1 N–H and O–H groups in total. The Morgan fingerprint density at radius 3 is 2.11 bits per heavy atom. The summed E-state index contributed by atoms with van der Waals surface area (Å²) in [6.07, 6.45) is 0. The van der Waals surface area contributed by atoms with Gasteiger partial charge in [-0.3, -0.25) is 24.6 Å². The van der Waals surface area contributed by atoms with E-state index in [9.17, 15) is 19.7 Å². The van der Waals surface area contributed by atoms with E-state index in [1.807, 2.05) is 0 Å². The molecule has 2 amide bonds. The molecule has 0 radical (unpaired) electrons. The highest BCUT2D eigenvalue weighted by Gasteiger charge is 2.40. The summed E-state index contributed by atoms with van der Waals surface area (Å²) >= 11 is 0. The van der Waals surface area contributed by atoms with Gasteiger partial charge in [0.25, 0.3) is 17.5 Å². The van der Waals surface area contributed by atoms with Gasteiger partial charge < -0.3 is 10.1 Å². The largest absolute Gasteiger partial charge is 0.497 e. The number of benzene rings is 2. The Bertz CT molecular complexity index is 962. The predicted octanol–water partition coefficient (Wildman–Crippen LogP) is 3.20. The molecule has 2 aromatic rings. The molecule has 0 unspecified atom stereocenters. The first-order valence-electron chi connectivity index (χ1n) is 8.61. The summed E-state index contributed by atoms with van der Waals surface area (Å²) in [6.45, 7) is 3.50. The summed E-state index contributed by atoms with van der Waals surface area (Å²) in [5, 5.41) is 13.9. The summed E-state index contributed by atoms with van der Waals surface area (Å²) < 4.78 is 5.12. The SMILES string of the molecule is COc1ccc(NC2=C(c3ccc([N+](=O)[O-])cc3)C(=O)N(C(C)C)C2=O)cc1. The standard InChI is InChI=1S/C20H19N3O5/c1-12(2)22-19(24)17(13-4-8-15(9-5-13)23(26)27)18(20(22)25)21-14-6-10-16(28-3)11-7-14/h4-12,21H,1-3H3. The van der Waals surface area contributed by atoms with E-state index in [0.717, 1.165) is 0 Å². The molecule has 8 heteroatoms. The number of carbonyl (C=O) groups is 2. The number of nitrogens with one attached hydrogen (secondary N) is 1. The number of carbonyl (C=O) groups excluding carboxylic acids is 2. The number of nitro benzene ring substituents is 1.